The second-order valence-corrected chi connectivity index (χ2v) is 5.43. The normalized spacial score (nSPS) is 8.78. The zero-order valence-electron chi connectivity index (χ0n) is 6.71. The molecule has 0 saturated heterocycles. The Bertz CT molecular complexity index is 34.5. The van der Waals surface area contributed by atoms with Crippen LogP contribution in [0.15, 0.2) is 0 Å². The second kappa shape index (κ2) is 11.8. The Balaban J connectivity index is 0. The fourth-order valence-electron chi connectivity index (χ4n) is 0.750. The molecule has 0 bridgehead atoms. The van der Waals surface area contributed by atoms with Gasteiger partial charge in [-0.3, -0.25) is 0 Å². The molecule has 0 rings (SSSR count). The van der Waals surface area contributed by atoms with Crippen molar-refractivity contribution < 1.29 is 29.2 Å². The average molecular weight is 335 g/mol. The molecule has 0 aliphatic rings. The van der Waals surface area contributed by atoms with Crippen molar-refractivity contribution in [2.45, 2.75) is 38.9 Å². The van der Waals surface area contributed by atoms with Crippen molar-refractivity contribution in [2.75, 3.05) is 0 Å². The van der Waals surface area contributed by atoms with Crippen molar-refractivity contribution in [2.24, 2.45) is 0 Å². The van der Waals surface area contributed by atoms with Gasteiger partial charge in [0.2, 0.25) is 0 Å². The topological polar surface area (TPSA) is 0 Å². The van der Waals surface area contributed by atoms with Gasteiger partial charge in [0.15, 0.2) is 0 Å². The van der Waals surface area contributed by atoms with Crippen LogP contribution in [0.2, 0.25) is 18.1 Å². The maximum atomic E-state index is 9.69. The van der Waals surface area contributed by atoms with Crippen molar-refractivity contribution in [3.63, 3.8) is 0 Å². The molecule has 0 nitrogen and oxygen atoms in total. The number of halogens is 1. The molecule has 0 saturated carbocycles. The van der Waals surface area contributed by atoms with Gasteiger partial charge in [-0.2, -0.15) is 0 Å². The van der Waals surface area contributed by atoms with Crippen LogP contribution < -0.4 is 0 Å². The van der Waals surface area contributed by atoms with Gasteiger partial charge in [0.25, 0.3) is 0 Å². The molecule has 0 heterocycles. The van der Waals surface area contributed by atoms with Crippen LogP contribution in [0.1, 0.15) is 20.8 Å². The van der Waals surface area contributed by atoms with Gasteiger partial charge in [0, 0.05) is 8.80 Å². The molecule has 0 atom stereocenters. The third-order valence-electron chi connectivity index (χ3n) is 1.50. The summed E-state index contributed by atoms with van der Waals surface area (Å²) in [7, 11) is 0.137. The van der Waals surface area contributed by atoms with Crippen LogP contribution in [-0.4, -0.2) is 8.80 Å². The molecule has 9 heavy (non-hydrogen) atoms. The molecule has 0 N–H and O–H groups in total. The molecule has 0 aliphatic heterocycles. The summed E-state index contributed by atoms with van der Waals surface area (Å²) in [4.78, 5) is 0. The fraction of sp³-hybridized carbons (Fsp3) is 1.00. The quantitative estimate of drug-likeness (QED) is 0.696. The molecule has 0 aromatic rings. The standard InChI is InChI=1S/C6H15Si.FH.Hg/c1-4-7(5-2)6-3;;/h4-6H2,1-3H3;1H;/q;;+1/p-1. The predicted octanol–water partition coefficient (Wildman–Crippen LogP) is 2.96. The zero-order valence-corrected chi connectivity index (χ0v) is 13.2. The number of hydrogen-bond acceptors (Lipinski definition) is 0. The van der Waals surface area contributed by atoms with E-state index in [0.717, 1.165) is 0 Å². The molecule has 52 valence electrons. The van der Waals surface area contributed by atoms with Crippen LogP contribution in [0.5, 0.6) is 0 Å². The monoisotopic (exact) mass is 336 g/mol. The van der Waals surface area contributed by atoms with Crippen molar-refractivity contribution >= 4 is 8.80 Å². The third-order valence-corrected chi connectivity index (χ3v) is 4.50. The average Bonchev–Trinajstić information content (AvgIpc) is 1.96. The van der Waals surface area contributed by atoms with Crippen molar-refractivity contribution in [3.8, 4) is 0 Å². The van der Waals surface area contributed by atoms with E-state index >= 15 is 0 Å². The third kappa shape index (κ3) is 9.08. The molecule has 0 fully saturated rings. The van der Waals surface area contributed by atoms with E-state index in [1.807, 2.05) is 0 Å². The molecular weight excluding hydrogens is 320 g/mol. The van der Waals surface area contributed by atoms with E-state index in [1.54, 1.807) is 0 Å². The summed E-state index contributed by atoms with van der Waals surface area (Å²) in [5.74, 6) is 0. The van der Waals surface area contributed by atoms with Gasteiger partial charge < -0.3 is 0 Å². The van der Waals surface area contributed by atoms with Crippen LogP contribution in [0, 0.1) is 0 Å². The van der Waals surface area contributed by atoms with Crippen LogP contribution in [0.4, 0.5) is 2.47 Å². The maximum absolute atomic E-state index is 9.69. The van der Waals surface area contributed by atoms with E-state index in [9.17, 15) is 2.47 Å². The van der Waals surface area contributed by atoms with Gasteiger partial charge in [-0.15, -0.1) is 0 Å². The molecule has 0 spiro atoms. The minimum atomic E-state index is -0.472. The Kier molecular flexibility index (Phi) is 16.7. The molecule has 1 radical (unpaired) electrons. The summed E-state index contributed by atoms with van der Waals surface area (Å²) >= 11 is -0.472. The Morgan fingerprint density at radius 2 is 1.22 bits per heavy atom. The summed E-state index contributed by atoms with van der Waals surface area (Å²) in [6.45, 7) is 6.92. The van der Waals surface area contributed by atoms with Crippen molar-refractivity contribution in [3.05, 3.63) is 0 Å². The van der Waals surface area contributed by atoms with Crippen LogP contribution in [-0.2, 0) is 26.8 Å². The Morgan fingerprint density at radius 3 is 1.22 bits per heavy atom. The number of rotatable bonds is 3. The summed E-state index contributed by atoms with van der Waals surface area (Å²) in [6.07, 6.45) is 0. The molecule has 3 heteroatoms. The minimum absolute atomic E-state index is 0.137. The van der Waals surface area contributed by atoms with Crippen molar-refractivity contribution in [1.29, 1.82) is 0 Å². The van der Waals surface area contributed by atoms with Gasteiger partial charge in [0.05, 0.1) is 0 Å². The molecule has 0 aromatic heterocycles. The van der Waals surface area contributed by atoms with Crippen LogP contribution >= 0.6 is 0 Å². The molecule has 0 unspecified atom stereocenters. The summed E-state index contributed by atoms with van der Waals surface area (Å²) in [6, 6.07) is 4.37. The van der Waals surface area contributed by atoms with E-state index in [0.29, 0.717) is 0 Å². The van der Waals surface area contributed by atoms with Crippen molar-refractivity contribution in [1.82, 2.24) is 0 Å². The fourth-order valence-corrected chi connectivity index (χ4v) is 2.25. The van der Waals surface area contributed by atoms with Gasteiger partial charge in [-0.25, -0.2) is 0 Å². The first-order valence-corrected chi connectivity index (χ1v) is 7.65. The zero-order chi connectivity index (χ0) is 7.70. The first kappa shape index (κ1) is 12.7. The van der Waals surface area contributed by atoms with E-state index in [2.05, 4.69) is 20.8 Å². The summed E-state index contributed by atoms with van der Waals surface area (Å²) in [5.41, 5.74) is 0. The van der Waals surface area contributed by atoms with E-state index in [4.69, 9.17) is 0 Å². The number of hydrogen-bond donors (Lipinski definition) is 0. The van der Waals surface area contributed by atoms with E-state index in [1.165, 1.54) is 18.1 Å². The Morgan fingerprint density at radius 1 is 1.00 bits per heavy atom. The van der Waals surface area contributed by atoms with Gasteiger partial charge >= 0.3 is 29.2 Å². The van der Waals surface area contributed by atoms with Gasteiger partial charge in [0.1, 0.15) is 0 Å². The second-order valence-electron chi connectivity index (χ2n) is 1.81. The van der Waals surface area contributed by atoms with E-state index < -0.39 is 26.8 Å². The Hall–Kier alpha value is 1.08. The molecule has 0 amide bonds. The molecule has 0 aromatic carbocycles. The molecular formula is C6H15FHgSi. The van der Waals surface area contributed by atoms with E-state index in [-0.39, 0.29) is 8.80 Å². The van der Waals surface area contributed by atoms with Gasteiger partial charge in [-0.05, 0) is 0 Å². The summed E-state index contributed by atoms with van der Waals surface area (Å²) < 4.78 is 9.69. The molecule has 0 aliphatic carbocycles. The van der Waals surface area contributed by atoms with Crippen LogP contribution in [0.25, 0.3) is 0 Å². The Labute approximate surface area is 76.8 Å². The predicted molar refractivity (Wildman–Crippen MR) is 38.3 cm³/mol. The van der Waals surface area contributed by atoms with Crippen LogP contribution in [0.3, 0.4) is 0 Å². The van der Waals surface area contributed by atoms with Gasteiger partial charge in [-0.1, -0.05) is 38.9 Å². The first-order chi connectivity index (χ1) is 4.35. The SMILES string of the molecule is CC[Si](CC)CC.[F][Hg]. The summed E-state index contributed by atoms with van der Waals surface area (Å²) in [5, 5.41) is 0. The first-order valence-electron chi connectivity index (χ1n) is 3.45.